The number of hydrogen-bond acceptors (Lipinski definition) is 3. The van der Waals surface area contributed by atoms with Gasteiger partial charge in [-0.15, -0.1) is 11.3 Å². The van der Waals surface area contributed by atoms with E-state index < -0.39 is 0 Å². The smallest absolute Gasteiger partial charge is 0.221 e. The van der Waals surface area contributed by atoms with Crippen molar-refractivity contribution in [2.75, 3.05) is 0 Å². The van der Waals surface area contributed by atoms with Crippen molar-refractivity contribution >= 4 is 45.1 Å². The first-order valence-corrected chi connectivity index (χ1v) is 5.85. The van der Waals surface area contributed by atoms with Crippen LogP contribution >= 0.6 is 22.9 Å². The second kappa shape index (κ2) is 4.63. The van der Waals surface area contributed by atoms with Gasteiger partial charge in [-0.05, 0) is 17.7 Å². The highest BCUT2D eigenvalue weighted by atomic mass is 35.5. The van der Waals surface area contributed by atoms with E-state index in [4.69, 9.17) is 17.3 Å². The second-order valence-corrected chi connectivity index (χ2v) is 4.88. The minimum atomic E-state index is -0.335. The number of benzene rings is 1. The summed E-state index contributed by atoms with van der Waals surface area (Å²) in [6.45, 7) is 0. The van der Waals surface area contributed by atoms with Crippen LogP contribution in [0.2, 0.25) is 4.47 Å². The van der Waals surface area contributed by atoms with Crippen LogP contribution in [0.4, 0.5) is 0 Å². The monoisotopic (exact) mass is 252 g/mol. The molecule has 0 bridgehead atoms. The highest BCUT2D eigenvalue weighted by molar-refractivity contribution is 7.22. The van der Waals surface area contributed by atoms with E-state index in [0.717, 1.165) is 15.8 Å². The molecule has 0 aliphatic rings. The molecular formula is C11H9ClN2OS. The van der Waals surface area contributed by atoms with Gasteiger partial charge in [0.1, 0.15) is 0 Å². The summed E-state index contributed by atoms with van der Waals surface area (Å²) >= 11 is 7.24. The summed E-state index contributed by atoms with van der Waals surface area (Å²) in [5, 5.41) is 0. The van der Waals surface area contributed by atoms with Gasteiger partial charge in [-0.2, -0.15) is 0 Å². The Kier molecular flexibility index (Phi) is 3.22. The van der Waals surface area contributed by atoms with E-state index in [1.807, 2.05) is 24.3 Å². The molecule has 5 heteroatoms. The molecule has 0 radical (unpaired) electrons. The molecule has 2 rings (SSSR count). The molecule has 0 aliphatic carbocycles. The van der Waals surface area contributed by atoms with Crippen LogP contribution in [0.25, 0.3) is 16.3 Å². The van der Waals surface area contributed by atoms with Crippen LogP contribution < -0.4 is 5.73 Å². The molecule has 2 aromatic rings. The molecule has 0 aliphatic heterocycles. The second-order valence-electron chi connectivity index (χ2n) is 3.27. The van der Waals surface area contributed by atoms with Crippen molar-refractivity contribution in [3.8, 4) is 0 Å². The predicted molar refractivity (Wildman–Crippen MR) is 67.5 cm³/mol. The molecular weight excluding hydrogens is 244 g/mol. The van der Waals surface area contributed by atoms with Gasteiger partial charge >= 0.3 is 0 Å². The number of hydrogen-bond donors (Lipinski definition) is 1. The molecule has 0 unspecified atom stereocenters. The Morgan fingerprint density at radius 3 is 3.12 bits per heavy atom. The van der Waals surface area contributed by atoms with E-state index in [1.165, 1.54) is 11.3 Å². The number of nitrogens with zero attached hydrogens (tertiary/aromatic N) is 1. The molecule has 1 aromatic carbocycles. The maximum atomic E-state index is 10.6. The molecule has 82 valence electrons. The van der Waals surface area contributed by atoms with Crippen LogP contribution in [0, 0.1) is 0 Å². The Morgan fingerprint density at radius 1 is 1.56 bits per heavy atom. The summed E-state index contributed by atoms with van der Waals surface area (Å²) in [5.41, 5.74) is 6.93. The van der Waals surface area contributed by atoms with E-state index in [0.29, 0.717) is 4.47 Å². The minimum absolute atomic E-state index is 0.251. The van der Waals surface area contributed by atoms with Gasteiger partial charge in [0.25, 0.3) is 0 Å². The van der Waals surface area contributed by atoms with Crippen molar-refractivity contribution < 1.29 is 4.79 Å². The number of thiazole rings is 1. The highest BCUT2D eigenvalue weighted by Crippen LogP contribution is 2.26. The average molecular weight is 253 g/mol. The lowest BCUT2D eigenvalue weighted by atomic mass is 10.2. The summed E-state index contributed by atoms with van der Waals surface area (Å²) in [4.78, 5) is 14.7. The molecule has 1 amide bonds. The molecule has 0 spiro atoms. The molecule has 0 fully saturated rings. The first-order chi connectivity index (χ1) is 7.65. The maximum Gasteiger partial charge on any atom is 0.221 e. The first-order valence-electron chi connectivity index (χ1n) is 4.66. The fourth-order valence-electron chi connectivity index (χ4n) is 1.33. The number of aromatic nitrogens is 1. The number of fused-ring (bicyclic) bond motifs is 1. The zero-order valence-electron chi connectivity index (χ0n) is 8.31. The number of halogens is 1. The van der Waals surface area contributed by atoms with Crippen LogP contribution in [-0.2, 0) is 4.79 Å². The summed E-state index contributed by atoms with van der Waals surface area (Å²) in [7, 11) is 0. The summed E-state index contributed by atoms with van der Waals surface area (Å²) < 4.78 is 1.57. The van der Waals surface area contributed by atoms with Gasteiger partial charge < -0.3 is 5.73 Å². The normalized spacial score (nSPS) is 11.3. The Bertz CT molecular complexity index is 562. The average Bonchev–Trinajstić information content (AvgIpc) is 2.56. The Balaban J connectivity index is 2.25. The third kappa shape index (κ3) is 2.59. The third-order valence-corrected chi connectivity index (χ3v) is 3.14. The van der Waals surface area contributed by atoms with Crippen molar-refractivity contribution in [2.24, 2.45) is 5.73 Å². The number of primary amides is 1. The van der Waals surface area contributed by atoms with Gasteiger partial charge in [-0.25, -0.2) is 4.98 Å². The zero-order chi connectivity index (χ0) is 11.5. The molecule has 1 aromatic heterocycles. The van der Waals surface area contributed by atoms with Gasteiger partial charge in [0.2, 0.25) is 5.91 Å². The topological polar surface area (TPSA) is 56.0 Å². The largest absolute Gasteiger partial charge is 0.369 e. The van der Waals surface area contributed by atoms with E-state index in [-0.39, 0.29) is 12.3 Å². The van der Waals surface area contributed by atoms with Gasteiger partial charge in [0.15, 0.2) is 4.47 Å². The van der Waals surface area contributed by atoms with Crippen molar-refractivity contribution in [1.82, 2.24) is 4.98 Å². The van der Waals surface area contributed by atoms with E-state index in [9.17, 15) is 4.79 Å². The Morgan fingerprint density at radius 2 is 2.38 bits per heavy atom. The quantitative estimate of drug-likeness (QED) is 0.913. The number of carbonyl (C=O) groups excluding carboxylic acids is 1. The molecule has 1 heterocycles. The Hall–Kier alpha value is -1.39. The van der Waals surface area contributed by atoms with E-state index in [2.05, 4.69) is 4.98 Å². The fourth-order valence-corrected chi connectivity index (χ4v) is 2.41. The van der Waals surface area contributed by atoms with Gasteiger partial charge in [0, 0.05) is 6.42 Å². The van der Waals surface area contributed by atoms with Gasteiger partial charge in [-0.1, -0.05) is 29.8 Å². The van der Waals surface area contributed by atoms with Crippen molar-refractivity contribution in [2.45, 2.75) is 6.42 Å². The molecule has 2 N–H and O–H groups in total. The van der Waals surface area contributed by atoms with Crippen LogP contribution in [0.1, 0.15) is 12.0 Å². The molecule has 0 saturated carbocycles. The van der Waals surface area contributed by atoms with E-state index >= 15 is 0 Å². The minimum Gasteiger partial charge on any atom is -0.369 e. The standard InChI is InChI=1S/C11H9ClN2OS/c12-11-14-8-5-4-7(6-9(8)16-11)2-1-3-10(13)15/h1-2,4-6H,3H2,(H2,13,15). The van der Waals surface area contributed by atoms with Crippen molar-refractivity contribution in [1.29, 1.82) is 0 Å². The van der Waals surface area contributed by atoms with Gasteiger partial charge in [0.05, 0.1) is 10.2 Å². The lowest BCUT2D eigenvalue weighted by Gasteiger charge is -1.92. The predicted octanol–water partition coefficient (Wildman–Crippen LogP) is 2.84. The van der Waals surface area contributed by atoms with Crippen molar-refractivity contribution in [3.63, 3.8) is 0 Å². The fraction of sp³-hybridized carbons (Fsp3) is 0.0909. The Labute approximate surface area is 102 Å². The van der Waals surface area contributed by atoms with Crippen LogP contribution in [0.5, 0.6) is 0 Å². The molecule has 3 nitrogen and oxygen atoms in total. The molecule has 16 heavy (non-hydrogen) atoms. The third-order valence-electron chi connectivity index (χ3n) is 2.02. The number of rotatable bonds is 3. The highest BCUT2D eigenvalue weighted by Gasteiger charge is 2.01. The maximum absolute atomic E-state index is 10.6. The van der Waals surface area contributed by atoms with Gasteiger partial charge in [-0.3, -0.25) is 4.79 Å². The van der Waals surface area contributed by atoms with Crippen LogP contribution in [0.15, 0.2) is 24.3 Å². The zero-order valence-corrected chi connectivity index (χ0v) is 9.89. The number of carbonyl (C=O) groups is 1. The summed E-state index contributed by atoms with van der Waals surface area (Å²) in [6.07, 6.45) is 3.85. The lowest BCUT2D eigenvalue weighted by Crippen LogP contribution is -2.07. The molecule has 0 atom stereocenters. The van der Waals surface area contributed by atoms with Crippen molar-refractivity contribution in [3.05, 3.63) is 34.3 Å². The lowest BCUT2D eigenvalue weighted by molar-refractivity contribution is -0.117. The summed E-state index contributed by atoms with van der Waals surface area (Å²) in [6, 6.07) is 5.81. The SMILES string of the molecule is NC(=O)CC=Cc1ccc2nc(Cl)sc2c1. The van der Waals surface area contributed by atoms with E-state index in [1.54, 1.807) is 6.08 Å². The number of amides is 1. The van der Waals surface area contributed by atoms with Crippen LogP contribution in [-0.4, -0.2) is 10.9 Å². The number of nitrogens with two attached hydrogens (primary N) is 1. The molecule has 0 saturated heterocycles. The van der Waals surface area contributed by atoms with Crippen LogP contribution in [0.3, 0.4) is 0 Å². The first kappa shape index (κ1) is 11.1. The summed E-state index contributed by atoms with van der Waals surface area (Å²) in [5.74, 6) is -0.335.